The molecule has 0 aromatic carbocycles. The van der Waals surface area contributed by atoms with Crippen LogP contribution < -0.4 is 0 Å². The van der Waals surface area contributed by atoms with Crippen molar-refractivity contribution >= 4 is 11.9 Å². The van der Waals surface area contributed by atoms with Crippen LogP contribution in [0.3, 0.4) is 0 Å². The number of carbonyl (C=O) groups excluding carboxylic acids is 2. The number of hydrogen-bond acceptors (Lipinski definition) is 5. The quantitative estimate of drug-likeness (QED) is 0.593. The molecule has 2 bridgehead atoms. The maximum atomic E-state index is 12.5. The molecular formula is C20H30N2O4. The van der Waals surface area contributed by atoms with E-state index in [1.807, 2.05) is 11.8 Å². The zero-order chi connectivity index (χ0) is 18.4. The Balaban J connectivity index is 1.45. The number of ether oxygens (including phenoxy) is 1. The minimum Gasteiger partial charge on any atom is -0.459 e. The molecule has 4 rings (SSSR count). The highest BCUT2D eigenvalue weighted by atomic mass is 16.5. The molecule has 0 spiro atoms. The molecule has 4 saturated heterocycles. The molecule has 0 saturated carbocycles. The molecule has 6 atom stereocenters. The Kier molecular flexibility index (Phi) is 4.82. The lowest BCUT2D eigenvalue weighted by Crippen LogP contribution is -2.66. The first-order valence-electron chi connectivity index (χ1n) is 10.0. The summed E-state index contributed by atoms with van der Waals surface area (Å²) >= 11 is 0. The molecule has 0 radical (unpaired) electrons. The van der Waals surface area contributed by atoms with Gasteiger partial charge in [0, 0.05) is 43.7 Å². The molecule has 4 aliphatic rings. The zero-order valence-electron chi connectivity index (χ0n) is 15.8. The summed E-state index contributed by atoms with van der Waals surface area (Å²) in [5.74, 6) is 0.652. The third-order valence-corrected chi connectivity index (χ3v) is 7.04. The van der Waals surface area contributed by atoms with E-state index >= 15 is 0 Å². The molecule has 4 aliphatic heterocycles. The Morgan fingerprint density at radius 1 is 1.15 bits per heavy atom. The molecule has 0 unspecified atom stereocenters. The van der Waals surface area contributed by atoms with Crippen molar-refractivity contribution in [1.82, 2.24) is 9.80 Å². The second-order valence-electron chi connectivity index (χ2n) is 8.49. The maximum Gasteiger partial charge on any atom is 0.333 e. The molecule has 26 heavy (non-hydrogen) atoms. The van der Waals surface area contributed by atoms with Crippen LogP contribution in [0.4, 0.5) is 0 Å². The second-order valence-corrected chi connectivity index (χ2v) is 8.49. The average Bonchev–Trinajstić information content (AvgIpc) is 2.65. The number of piperidine rings is 4. The SMILES string of the molecule is C/C=C(\C)C(=O)O[C@H]1CCN2C[C@@H]3C[C@@H](CN4C(=O)[C@@H](O)CC[C@H]34)[C@@H]2C1. The first kappa shape index (κ1) is 18.0. The molecule has 144 valence electrons. The summed E-state index contributed by atoms with van der Waals surface area (Å²) in [5.41, 5.74) is 0.657. The van der Waals surface area contributed by atoms with Gasteiger partial charge in [0.25, 0.3) is 5.91 Å². The van der Waals surface area contributed by atoms with Gasteiger partial charge >= 0.3 is 5.97 Å². The van der Waals surface area contributed by atoms with Gasteiger partial charge < -0.3 is 14.7 Å². The van der Waals surface area contributed by atoms with Crippen LogP contribution in [0.1, 0.15) is 46.0 Å². The Hall–Kier alpha value is -1.40. The molecule has 4 fully saturated rings. The number of rotatable bonds is 2. The molecule has 0 aromatic heterocycles. The molecule has 0 aliphatic carbocycles. The normalized spacial score (nSPS) is 40.7. The number of hydrogen-bond donors (Lipinski definition) is 1. The number of nitrogens with zero attached hydrogens (tertiary/aromatic N) is 2. The number of aliphatic hydroxyl groups is 1. The first-order chi connectivity index (χ1) is 12.5. The van der Waals surface area contributed by atoms with Gasteiger partial charge in [0.2, 0.25) is 0 Å². The third-order valence-electron chi connectivity index (χ3n) is 7.04. The Morgan fingerprint density at radius 2 is 1.92 bits per heavy atom. The van der Waals surface area contributed by atoms with E-state index in [9.17, 15) is 14.7 Å². The summed E-state index contributed by atoms with van der Waals surface area (Å²) < 4.78 is 5.72. The largest absolute Gasteiger partial charge is 0.459 e. The lowest BCUT2D eigenvalue weighted by molar-refractivity contribution is -0.164. The van der Waals surface area contributed by atoms with Crippen molar-refractivity contribution in [1.29, 1.82) is 0 Å². The fraction of sp³-hybridized carbons (Fsp3) is 0.800. The van der Waals surface area contributed by atoms with E-state index in [4.69, 9.17) is 4.74 Å². The van der Waals surface area contributed by atoms with Crippen molar-refractivity contribution < 1.29 is 19.4 Å². The van der Waals surface area contributed by atoms with Crippen LogP contribution in [-0.2, 0) is 14.3 Å². The molecule has 0 aromatic rings. The Labute approximate surface area is 155 Å². The number of allylic oxidation sites excluding steroid dienone is 1. The second kappa shape index (κ2) is 6.97. The maximum absolute atomic E-state index is 12.5. The van der Waals surface area contributed by atoms with Crippen LogP contribution in [0.5, 0.6) is 0 Å². The highest BCUT2D eigenvalue weighted by Gasteiger charge is 2.50. The van der Waals surface area contributed by atoms with E-state index in [0.717, 1.165) is 45.3 Å². The van der Waals surface area contributed by atoms with Gasteiger partial charge in [-0.25, -0.2) is 4.79 Å². The zero-order valence-corrected chi connectivity index (χ0v) is 15.8. The van der Waals surface area contributed by atoms with E-state index in [2.05, 4.69) is 4.90 Å². The number of fused-ring (bicyclic) bond motifs is 6. The minimum absolute atomic E-state index is 0.0319. The number of amides is 1. The molecule has 4 heterocycles. The van der Waals surface area contributed by atoms with E-state index in [0.29, 0.717) is 35.9 Å². The minimum atomic E-state index is -0.815. The van der Waals surface area contributed by atoms with Gasteiger partial charge in [-0.05, 0) is 51.4 Å². The summed E-state index contributed by atoms with van der Waals surface area (Å²) in [5, 5.41) is 9.96. The lowest BCUT2D eigenvalue weighted by atomic mass is 9.70. The van der Waals surface area contributed by atoms with Gasteiger partial charge in [-0.1, -0.05) is 6.08 Å². The summed E-state index contributed by atoms with van der Waals surface area (Å²) in [6.45, 7) is 6.38. The standard InChI is InChI=1S/C20H30N2O4/c1-3-12(2)20(25)26-15-6-7-21-10-13-8-14(17(21)9-15)11-22-16(13)4-5-18(23)19(22)24/h3,13-18,23H,4-11H2,1-2H3/b12-3+/t13-,14-,15-,16+,17-,18-/m0/s1. The van der Waals surface area contributed by atoms with Crippen LogP contribution in [0.2, 0.25) is 0 Å². The summed E-state index contributed by atoms with van der Waals surface area (Å²) in [6, 6.07) is 0.674. The molecule has 1 N–H and O–H groups in total. The van der Waals surface area contributed by atoms with Crippen molar-refractivity contribution in [2.45, 2.75) is 70.2 Å². The highest BCUT2D eigenvalue weighted by molar-refractivity contribution is 5.87. The van der Waals surface area contributed by atoms with Crippen molar-refractivity contribution in [3.63, 3.8) is 0 Å². The molecule has 6 nitrogen and oxygen atoms in total. The van der Waals surface area contributed by atoms with Crippen molar-refractivity contribution in [2.24, 2.45) is 11.8 Å². The predicted octanol–water partition coefficient (Wildman–Crippen LogP) is 1.33. The molecular weight excluding hydrogens is 332 g/mol. The predicted molar refractivity (Wildman–Crippen MR) is 96.2 cm³/mol. The lowest BCUT2D eigenvalue weighted by Gasteiger charge is -2.57. The smallest absolute Gasteiger partial charge is 0.333 e. The fourth-order valence-electron chi connectivity index (χ4n) is 5.53. The average molecular weight is 362 g/mol. The van der Waals surface area contributed by atoms with Crippen LogP contribution in [-0.4, -0.2) is 70.7 Å². The Morgan fingerprint density at radius 3 is 2.69 bits per heavy atom. The number of esters is 1. The van der Waals surface area contributed by atoms with E-state index < -0.39 is 6.10 Å². The first-order valence-corrected chi connectivity index (χ1v) is 10.0. The van der Waals surface area contributed by atoms with Crippen molar-refractivity contribution in [3.05, 3.63) is 11.6 Å². The number of aliphatic hydroxyl groups excluding tert-OH is 1. The van der Waals surface area contributed by atoms with E-state index in [-0.39, 0.29) is 18.0 Å². The Bertz CT molecular complexity index is 619. The van der Waals surface area contributed by atoms with Crippen molar-refractivity contribution in [2.75, 3.05) is 19.6 Å². The summed E-state index contributed by atoms with van der Waals surface area (Å²) in [7, 11) is 0. The third kappa shape index (κ3) is 3.07. The van der Waals surface area contributed by atoms with Gasteiger partial charge in [0.1, 0.15) is 12.2 Å². The van der Waals surface area contributed by atoms with E-state index in [1.54, 1.807) is 13.0 Å². The van der Waals surface area contributed by atoms with Gasteiger partial charge in [-0.2, -0.15) is 0 Å². The highest BCUT2D eigenvalue weighted by Crippen LogP contribution is 2.43. The van der Waals surface area contributed by atoms with E-state index in [1.165, 1.54) is 0 Å². The van der Waals surface area contributed by atoms with Crippen LogP contribution >= 0.6 is 0 Å². The summed E-state index contributed by atoms with van der Waals surface area (Å²) in [4.78, 5) is 29.1. The van der Waals surface area contributed by atoms with Gasteiger partial charge in [-0.15, -0.1) is 0 Å². The van der Waals surface area contributed by atoms with Crippen LogP contribution in [0, 0.1) is 11.8 Å². The molecule has 1 amide bonds. The van der Waals surface area contributed by atoms with Gasteiger partial charge in [-0.3, -0.25) is 9.69 Å². The number of carbonyl (C=O) groups is 2. The van der Waals surface area contributed by atoms with Gasteiger partial charge in [0.05, 0.1) is 0 Å². The molecule has 6 heteroatoms. The summed E-state index contributed by atoms with van der Waals surface area (Å²) in [6.07, 6.45) is 5.37. The van der Waals surface area contributed by atoms with Crippen LogP contribution in [0.25, 0.3) is 0 Å². The monoisotopic (exact) mass is 362 g/mol. The fourth-order valence-corrected chi connectivity index (χ4v) is 5.53. The van der Waals surface area contributed by atoms with Crippen LogP contribution in [0.15, 0.2) is 11.6 Å². The van der Waals surface area contributed by atoms with Gasteiger partial charge in [0.15, 0.2) is 0 Å². The van der Waals surface area contributed by atoms with Crippen molar-refractivity contribution in [3.8, 4) is 0 Å². The topological polar surface area (TPSA) is 70.1 Å².